The van der Waals surface area contributed by atoms with E-state index in [9.17, 15) is 37.8 Å². The molecule has 2 fully saturated rings. The Balaban J connectivity index is 1.79. The Morgan fingerprint density at radius 2 is 1.73 bits per heavy atom. The van der Waals surface area contributed by atoms with Crippen molar-refractivity contribution >= 4 is 27.7 Å². The number of aryl methyl sites for hydroxylation is 1. The Morgan fingerprint density at radius 1 is 1.10 bits per heavy atom. The first-order chi connectivity index (χ1) is 18.9. The predicted octanol–water partition coefficient (Wildman–Crippen LogP) is 6.19. The van der Waals surface area contributed by atoms with E-state index in [-0.39, 0.29) is 55.3 Å². The summed E-state index contributed by atoms with van der Waals surface area (Å²) < 4.78 is 100. The van der Waals surface area contributed by atoms with Gasteiger partial charge >= 0.3 is 10.2 Å². The number of nitrogens with zero attached hydrogens (tertiary/aromatic N) is 2. The molecule has 1 aromatic heterocycles. The lowest BCUT2D eigenvalue weighted by molar-refractivity contribution is -0.128. The summed E-state index contributed by atoms with van der Waals surface area (Å²) in [7, 11) is -8.58. The monoisotopic (exact) mass is 612 g/mol. The summed E-state index contributed by atoms with van der Waals surface area (Å²) in [5.74, 6) is -4.36. The van der Waals surface area contributed by atoms with Crippen molar-refractivity contribution in [1.82, 2.24) is 15.6 Å². The second-order valence-electron chi connectivity index (χ2n) is 10.5. The summed E-state index contributed by atoms with van der Waals surface area (Å²) in [6.07, 6.45) is 1.62. The Hall–Kier alpha value is -2.91. The lowest BCUT2D eigenvalue weighted by atomic mass is 9.91. The molecule has 15 heteroatoms. The van der Waals surface area contributed by atoms with Gasteiger partial charge in [-0.3, -0.25) is 19.5 Å². The van der Waals surface area contributed by atoms with Crippen molar-refractivity contribution in [1.29, 1.82) is 0 Å². The van der Waals surface area contributed by atoms with Crippen molar-refractivity contribution in [2.24, 2.45) is 0 Å². The quantitative estimate of drug-likeness (QED) is 0.348. The third-order valence-electron chi connectivity index (χ3n) is 7.46. The fraction of sp³-hybridized carbons (Fsp3) is 0.500. The largest absolute Gasteiger partial charge is 0.380 e. The van der Waals surface area contributed by atoms with Gasteiger partial charge in [-0.15, -0.1) is 0 Å². The number of ether oxygens (including phenoxy) is 1. The molecule has 1 saturated heterocycles. The van der Waals surface area contributed by atoms with E-state index in [1.807, 2.05) is 0 Å². The van der Waals surface area contributed by atoms with Crippen LogP contribution in [0.4, 0.5) is 33.9 Å². The second-order valence-corrected chi connectivity index (χ2v) is 12.9. The molecule has 4 rings (SSSR count). The Morgan fingerprint density at radius 3 is 2.27 bits per heavy atom. The molecule has 2 N–H and O–H groups in total. The molecule has 7 nitrogen and oxygen atoms in total. The first-order valence-corrected chi connectivity index (χ1v) is 14.9. The zero-order valence-corrected chi connectivity index (χ0v) is 23.1. The first kappa shape index (κ1) is 31.0. The highest BCUT2D eigenvalue weighted by Crippen LogP contribution is 3.02. The summed E-state index contributed by atoms with van der Waals surface area (Å²) in [6.45, 7) is 1.91. The Labute approximate surface area is 232 Å². The maximum atomic E-state index is 14.0. The summed E-state index contributed by atoms with van der Waals surface area (Å²) in [4.78, 5) is 30.7. The molecule has 228 valence electrons. The molecule has 0 bridgehead atoms. The molecule has 0 radical (unpaired) electrons. The summed E-state index contributed by atoms with van der Waals surface area (Å²) in [6, 6.07) is 0.255. The van der Waals surface area contributed by atoms with Gasteiger partial charge < -0.3 is 15.4 Å². The smallest absolute Gasteiger partial charge is 0.310 e. The number of carbonyl (C=O) groups excluding carboxylic acids is 2. The molecular formula is C26H31F7N4O3S. The topological polar surface area (TPSA) is 83.6 Å². The van der Waals surface area contributed by atoms with Crippen LogP contribution in [0, 0.1) is 6.92 Å². The minimum absolute atomic E-state index is 0.0241. The van der Waals surface area contributed by atoms with Crippen molar-refractivity contribution < 1.29 is 42.5 Å². The molecule has 3 unspecified atom stereocenters. The molecule has 1 aliphatic heterocycles. The van der Waals surface area contributed by atoms with E-state index < -0.39 is 63.8 Å². The Kier molecular flexibility index (Phi) is 7.89. The first-order valence-electron chi connectivity index (χ1n) is 12.9. The van der Waals surface area contributed by atoms with Crippen molar-refractivity contribution in [2.45, 2.75) is 74.1 Å². The number of alkyl halides is 2. The third kappa shape index (κ3) is 7.30. The number of halogens is 7. The lowest BCUT2D eigenvalue weighted by Crippen LogP contribution is -2.52. The van der Waals surface area contributed by atoms with Gasteiger partial charge in [0.05, 0.1) is 12.1 Å². The number of amides is 2. The molecule has 2 amide bonds. The average Bonchev–Trinajstić information content (AvgIpc) is 3.37. The number of hydrogen-bond donors (Lipinski definition) is 2. The lowest BCUT2D eigenvalue weighted by Gasteiger charge is -2.41. The van der Waals surface area contributed by atoms with E-state index in [0.717, 1.165) is 4.90 Å². The number of carbonyl (C=O) groups is 2. The fourth-order valence-corrected chi connectivity index (χ4v) is 5.78. The molecule has 0 spiro atoms. The van der Waals surface area contributed by atoms with Gasteiger partial charge in [0.15, 0.2) is 0 Å². The Bertz CT molecular complexity index is 1290. The highest BCUT2D eigenvalue weighted by atomic mass is 32.5. The van der Waals surface area contributed by atoms with Gasteiger partial charge in [-0.25, -0.2) is 8.78 Å². The average molecular weight is 613 g/mol. The summed E-state index contributed by atoms with van der Waals surface area (Å²) >= 11 is 0. The molecule has 1 saturated carbocycles. The van der Waals surface area contributed by atoms with Crippen molar-refractivity contribution in [3.05, 3.63) is 53.9 Å². The molecule has 3 atom stereocenters. The number of aromatic nitrogens is 1. The van der Waals surface area contributed by atoms with E-state index in [2.05, 4.69) is 15.6 Å². The van der Waals surface area contributed by atoms with Crippen LogP contribution in [-0.2, 0) is 14.3 Å². The summed E-state index contributed by atoms with van der Waals surface area (Å²) in [5, 5.41) is 5.68. The van der Waals surface area contributed by atoms with Gasteiger partial charge in [0.1, 0.15) is 10.9 Å². The maximum Gasteiger partial charge on any atom is 0.310 e. The van der Waals surface area contributed by atoms with E-state index in [1.54, 1.807) is 13.0 Å². The van der Waals surface area contributed by atoms with E-state index in [1.165, 1.54) is 19.5 Å². The summed E-state index contributed by atoms with van der Waals surface area (Å²) in [5.41, 5.74) is 0.477. The number of hydrogen-bond acceptors (Lipinski definition) is 5. The third-order valence-corrected chi connectivity index (χ3v) is 8.63. The van der Waals surface area contributed by atoms with Crippen molar-refractivity contribution in [3.8, 4) is 0 Å². The molecule has 1 aromatic carbocycles. The normalized spacial score (nSPS) is 23.7. The standard InChI is InChI=1S/C26H31F7N4O3S/c1-16-9-12-34-15-21(16)23(24(38)36-17-7-10-26(27,28)11-8-17)37(25(39)22-13-19(40-2)14-35-22)18-3-5-20(6-4-18)41(29,30,31,32)33/h3-6,9,12,15,17,19,22-23,35H,7-8,10-11,13-14H2,1-2H3,(H,36,38). The molecule has 2 aliphatic rings. The van der Waals surface area contributed by atoms with Crippen molar-refractivity contribution in [3.63, 3.8) is 0 Å². The van der Waals surface area contributed by atoms with E-state index in [0.29, 0.717) is 17.7 Å². The van der Waals surface area contributed by atoms with Gasteiger partial charge in [0.25, 0.3) is 0 Å². The van der Waals surface area contributed by atoms with Crippen LogP contribution in [0.15, 0.2) is 47.6 Å². The minimum atomic E-state index is -10.0. The maximum absolute atomic E-state index is 14.0. The number of anilines is 1. The van der Waals surface area contributed by atoms with Crippen LogP contribution >= 0.6 is 10.2 Å². The molecular weight excluding hydrogens is 581 g/mol. The van der Waals surface area contributed by atoms with E-state index in [4.69, 9.17) is 4.74 Å². The number of methoxy groups -OCH3 is 1. The number of benzene rings is 1. The van der Waals surface area contributed by atoms with Gasteiger partial charge in [-0.2, -0.15) is 0 Å². The molecule has 2 heterocycles. The SMILES string of the molecule is COC1CNC(C(=O)N(c2ccc(S(F)(F)(F)(F)F)cc2)C(C(=O)NC2CCC(F)(F)CC2)c2cnccc2C)C1. The van der Waals surface area contributed by atoms with Crippen LogP contribution in [-0.4, -0.2) is 54.6 Å². The predicted molar refractivity (Wildman–Crippen MR) is 140 cm³/mol. The zero-order valence-electron chi connectivity index (χ0n) is 22.3. The minimum Gasteiger partial charge on any atom is -0.380 e. The van der Waals surface area contributed by atoms with Crippen LogP contribution in [0.25, 0.3) is 0 Å². The number of rotatable bonds is 8. The molecule has 1 aliphatic carbocycles. The van der Waals surface area contributed by atoms with Gasteiger partial charge in [0.2, 0.25) is 17.7 Å². The van der Waals surface area contributed by atoms with Gasteiger partial charge in [-0.05, 0) is 62.1 Å². The highest BCUT2D eigenvalue weighted by molar-refractivity contribution is 8.45. The van der Waals surface area contributed by atoms with Crippen molar-refractivity contribution in [2.75, 3.05) is 18.6 Å². The van der Waals surface area contributed by atoms with Crippen LogP contribution < -0.4 is 15.5 Å². The number of pyridine rings is 1. The van der Waals surface area contributed by atoms with Crippen LogP contribution in [0.3, 0.4) is 0 Å². The van der Waals surface area contributed by atoms with Crippen LogP contribution in [0.2, 0.25) is 0 Å². The van der Waals surface area contributed by atoms with E-state index >= 15 is 0 Å². The second kappa shape index (κ2) is 10.4. The molecule has 2 aromatic rings. The molecule has 41 heavy (non-hydrogen) atoms. The fourth-order valence-electron chi connectivity index (χ4n) is 5.13. The van der Waals surface area contributed by atoms with Crippen LogP contribution in [0.5, 0.6) is 0 Å². The van der Waals surface area contributed by atoms with Crippen LogP contribution in [0.1, 0.15) is 49.3 Å². The highest BCUT2D eigenvalue weighted by Gasteiger charge is 2.65. The number of nitrogens with one attached hydrogen (secondary N) is 2. The zero-order chi connectivity index (χ0) is 30.3. The van der Waals surface area contributed by atoms with Gasteiger partial charge in [-0.1, -0.05) is 19.4 Å². The van der Waals surface area contributed by atoms with Gasteiger partial charge in [0, 0.05) is 56.2 Å².